The summed E-state index contributed by atoms with van der Waals surface area (Å²) in [5, 5.41) is 0.264. The quantitative estimate of drug-likeness (QED) is 0.605. The largest absolute Gasteiger partial charge is 0.348 e. The molecule has 50 valence electrons. The van der Waals surface area contributed by atoms with E-state index in [0.29, 0.717) is 0 Å². The molecule has 1 unspecified atom stereocenters. The van der Waals surface area contributed by atoms with Gasteiger partial charge in [0.2, 0.25) is 0 Å². The predicted molar refractivity (Wildman–Crippen MR) is 40.6 cm³/mol. The molecule has 1 heterocycles. The van der Waals surface area contributed by atoms with E-state index in [1.165, 1.54) is 0 Å². The average Bonchev–Trinajstić information content (AvgIpc) is 2.37. The molecule has 0 radical (unpaired) electrons. The Morgan fingerprint density at radius 3 is 3.11 bits per heavy atom. The number of nitrogens with zero attached hydrogens (tertiary/aromatic N) is 1. The van der Waals surface area contributed by atoms with Gasteiger partial charge in [0.05, 0.1) is 5.25 Å². The molecule has 1 aromatic heterocycles. The maximum absolute atomic E-state index is 4.29. The van der Waals surface area contributed by atoms with Gasteiger partial charge in [-0.1, -0.05) is 6.92 Å². The fourth-order valence-electron chi connectivity index (χ4n) is 0.653. The standard InChI is InChI=1S/C6H10N2S/c1-2-5(9)6-7-3-4-8-6/h3-5,9H,2H2,1H3,(H,7,8). The third-order valence-corrected chi connectivity index (χ3v) is 1.83. The lowest BCUT2D eigenvalue weighted by Crippen LogP contribution is -1.89. The molecule has 1 aromatic rings. The topological polar surface area (TPSA) is 28.7 Å². The number of rotatable bonds is 2. The van der Waals surface area contributed by atoms with Gasteiger partial charge in [-0.3, -0.25) is 0 Å². The maximum atomic E-state index is 4.29. The van der Waals surface area contributed by atoms with Crippen LogP contribution in [0.5, 0.6) is 0 Å². The Balaban J connectivity index is 2.65. The molecule has 0 fully saturated rings. The molecule has 3 heteroatoms. The molecule has 0 saturated carbocycles. The zero-order valence-electron chi connectivity index (χ0n) is 5.33. The highest BCUT2D eigenvalue weighted by atomic mass is 32.1. The minimum absolute atomic E-state index is 0.264. The van der Waals surface area contributed by atoms with E-state index >= 15 is 0 Å². The Kier molecular flexibility index (Phi) is 2.16. The lowest BCUT2D eigenvalue weighted by molar-refractivity contribution is 0.839. The van der Waals surface area contributed by atoms with Crippen molar-refractivity contribution in [1.29, 1.82) is 0 Å². The molecule has 0 aliphatic rings. The van der Waals surface area contributed by atoms with Crippen LogP contribution in [0.4, 0.5) is 0 Å². The molecule has 1 N–H and O–H groups in total. The van der Waals surface area contributed by atoms with Crippen molar-refractivity contribution in [1.82, 2.24) is 9.97 Å². The Hall–Kier alpha value is -0.440. The van der Waals surface area contributed by atoms with Crippen LogP contribution >= 0.6 is 12.6 Å². The number of aromatic nitrogens is 2. The van der Waals surface area contributed by atoms with Crippen molar-refractivity contribution in [2.75, 3.05) is 0 Å². The molecule has 9 heavy (non-hydrogen) atoms. The van der Waals surface area contributed by atoms with E-state index in [4.69, 9.17) is 0 Å². The van der Waals surface area contributed by atoms with E-state index in [2.05, 4.69) is 29.5 Å². The molecule has 0 saturated heterocycles. The van der Waals surface area contributed by atoms with Crippen LogP contribution in [-0.4, -0.2) is 9.97 Å². The van der Waals surface area contributed by atoms with Crippen molar-refractivity contribution in [3.63, 3.8) is 0 Å². The molecule has 0 spiro atoms. The first-order valence-corrected chi connectivity index (χ1v) is 3.53. The summed E-state index contributed by atoms with van der Waals surface area (Å²) in [7, 11) is 0. The minimum atomic E-state index is 0.264. The van der Waals surface area contributed by atoms with E-state index in [-0.39, 0.29) is 5.25 Å². The van der Waals surface area contributed by atoms with E-state index in [0.717, 1.165) is 12.2 Å². The van der Waals surface area contributed by atoms with Gasteiger partial charge >= 0.3 is 0 Å². The predicted octanol–water partition coefficient (Wildman–Crippen LogP) is 1.79. The SMILES string of the molecule is CCC(S)c1ncc[nH]1. The lowest BCUT2D eigenvalue weighted by atomic mass is 10.3. The van der Waals surface area contributed by atoms with Crippen LogP contribution in [0, 0.1) is 0 Å². The van der Waals surface area contributed by atoms with Gasteiger partial charge in [0.25, 0.3) is 0 Å². The number of hydrogen-bond acceptors (Lipinski definition) is 2. The van der Waals surface area contributed by atoms with E-state index in [1.54, 1.807) is 6.20 Å². The van der Waals surface area contributed by atoms with E-state index in [9.17, 15) is 0 Å². The number of H-pyrrole nitrogens is 1. The van der Waals surface area contributed by atoms with Crippen molar-refractivity contribution >= 4 is 12.6 Å². The second-order valence-electron chi connectivity index (χ2n) is 1.90. The number of hydrogen-bond donors (Lipinski definition) is 2. The van der Waals surface area contributed by atoms with Crippen molar-refractivity contribution in [2.24, 2.45) is 0 Å². The fraction of sp³-hybridized carbons (Fsp3) is 0.500. The summed E-state index contributed by atoms with van der Waals surface area (Å²) in [5.41, 5.74) is 0. The average molecular weight is 142 g/mol. The summed E-state index contributed by atoms with van der Waals surface area (Å²) in [5.74, 6) is 0.959. The highest BCUT2D eigenvalue weighted by molar-refractivity contribution is 7.80. The maximum Gasteiger partial charge on any atom is 0.118 e. The summed E-state index contributed by atoms with van der Waals surface area (Å²) >= 11 is 4.29. The molecular weight excluding hydrogens is 132 g/mol. The summed E-state index contributed by atoms with van der Waals surface area (Å²) in [6.07, 6.45) is 4.57. The zero-order chi connectivity index (χ0) is 6.69. The number of thiol groups is 1. The van der Waals surface area contributed by atoms with Gasteiger partial charge in [0, 0.05) is 12.4 Å². The molecule has 0 aromatic carbocycles. The second kappa shape index (κ2) is 2.92. The highest BCUT2D eigenvalue weighted by Gasteiger charge is 2.03. The molecule has 0 amide bonds. The number of aromatic amines is 1. The Labute approximate surface area is 60.1 Å². The molecule has 0 aliphatic heterocycles. The highest BCUT2D eigenvalue weighted by Crippen LogP contribution is 2.17. The first-order chi connectivity index (χ1) is 4.34. The normalized spacial score (nSPS) is 13.6. The summed E-state index contributed by atoms with van der Waals surface area (Å²) in [6.45, 7) is 2.08. The van der Waals surface area contributed by atoms with Gasteiger partial charge in [-0.25, -0.2) is 4.98 Å². The van der Waals surface area contributed by atoms with Gasteiger partial charge in [-0.05, 0) is 6.42 Å². The molecule has 0 bridgehead atoms. The van der Waals surface area contributed by atoms with Crippen molar-refractivity contribution in [3.05, 3.63) is 18.2 Å². The second-order valence-corrected chi connectivity index (χ2v) is 2.52. The Morgan fingerprint density at radius 2 is 2.67 bits per heavy atom. The third kappa shape index (κ3) is 1.48. The zero-order valence-corrected chi connectivity index (χ0v) is 6.23. The lowest BCUT2D eigenvalue weighted by Gasteiger charge is -2.00. The van der Waals surface area contributed by atoms with Gasteiger partial charge in [-0.2, -0.15) is 12.6 Å². The Bertz CT molecular complexity index is 160. The van der Waals surface area contributed by atoms with Crippen LogP contribution in [0.2, 0.25) is 0 Å². The molecular formula is C6H10N2S. The fourth-order valence-corrected chi connectivity index (χ4v) is 0.794. The van der Waals surface area contributed by atoms with Gasteiger partial charge in [0.1, 0.15) is 5.82 Å². The summed E-state index contributed by atoms with van der Waals surface area (Å²) < 4.78 is 0. The summed E-state index contributed by atoms with van der Waals surface area (Å²) in [4.78, 5) is 7.06. The first-order valence-electron chi connectivity index (χ1n) is 3.02. The van der Waals surface area contributed by atoms with Crippen molar-refractivity contribution in [2.45, 2.75) is 18.6 Å². The van der Waals surface area contributed by atoms with Gasteiger partial charge in [0.15, 0.2) is 0 Å². The molecule has 1 rings (SSSR count). The first kappa shape index (κ1) is 6.68. The van der Waals surface area contributed by atoms with Crippen LogP contribution in [0.25, 0.3) is 0 Å². The van der Waals surface area contributed by atoms with Crippen LogP contribution in [-0.2, 0) is 0 Å². The Morgan fingerprint density at radius 1 is 1.89 bits per heavy atom. The third-order valence-electron chi connectivity index (χ3n) is 1.22. The van der Waals surface area contributed by atoms with E-state index < -0.39 is 0 Å². The van der Waals surface area contributed by atoms with Crippen LogP contribution in [0.15, 0.2) is 12.4 Å². The van der Waals surface area contributed by atoms with E-state index in [1.807, 2.05) is 6.20 Å². The van der Waals surface area contributed by atoms with Crippen LogP contribution in [0.1, 0.15) is 24.4 Å². The molecule has 1 atom stereocenters. The smallest absolute Gasteiger partial charge is 0.118 e. The number of nitrogens with one attached hydrogen (secondary N) is 1. The van der Waals surface area contributed by atoms with Crippen molar-refractivity contribution in [3.8, 4) is 0 Å². The van der Waals surface area contributed by atoms with Crippen LogP contribution < -0.4 is 0 Å². The monoisotopic (exact) mass is 142 g/mol. The van der Waals surface area contributed by atoms with Crippen LogP contribution in [0.3, 0.4) is 0 Å². The molecule has 2 nitrogen and oxygen atoms in total. The summed E-state index contributed by atoms with van der Waals surface area (Å²) in [6, 6.07) is 0. The number of imidazole rings is 1. The van der Waals surface area contributed by atoms with Gasteiger partial charge < -0.3 is 4.98 Å². The van der Waals surface area contributed by atoms with Gasteiger partial charge in [-0.15, -0.1) is 0 Å². The van der Waals surface area contributed by atoms with Crippen molar-refractivity contribution < 1.29 is 0 Å². The minimum Gasteiger partial charge on any atom is -0.348 e. The molecule has 0 aliphatic carbocycles.